The van der Waals surface area contributed by atoms with Gasteiger partial charge in [-0.15, -0.1) is 6.58 Å². The van der Waals surface area contributed by atoms with Gasteiger partial charge in [0.15, 0.2) is 0 Å². The number of rotatable bonds is 8. The lowest BCUT2D eigenvalue weighted by atomic mass is 9.73. The number of benzene rings is 2. The molecule has 2 bridgehead atoms. The molecule has 7 nitrogen and oxygen atoms in total. The Morgan fingerprint density at radius 2 is 1.74 bits per heavy atom. The molecule has 2 heterocycles. The fourth-order valence-corrected chi connectivity index (χ4v) is 5.78. The molecule has 7 heteroatoms. The number of carbonyl (C=O) groups is 3. The van der Waals surface area contributed by atoms with Gasteiger partial charge in [-0.2, -0.15) is 0 Å². The van der Waals surface area contributed by atoms with E-state index < -0.39 is 23.6 Å². The zero-order valence-corrected chi connectivity index (χ0v) is 18.9. The van der Waals surface area contributed by atoms with Crippen LogP contribution in [0.4, 0.5) is 4.79 Å². The summed E-state index contributed by atoms with van der Waals surface area (Å²) in [7, 11) is 0. The van der Waals surface area contributed by atoms with E-state index in [-0.39, 0.29) is 24.3 Å². The van der Waals surface area contributed by atoms with Crippen molar-refractivity contribution < 1.29 is 24.2 Å². The third kappa shape index (κ3) is 3.56. The summed E-state index contributed by atoms with van der Waals surface area (Å²) in [5.74, 6) is -1.20. The Hall–Kier alpha value is -3.61. The van der Waals surface area contributed by atoms with E-state index in [0.29, 0.717) is 32.2 Å². The molecule has 2 aromatic carbocycles. The van der Waals surface area contributed by atoms with E-state index in [4.69, 9.17) is 4.74 Å². The molecule has 34 heavy (non-hydrogen) atoms. The highest BCUT2D eigenvalue weighted by Crippen LogP contribution is 2.51. The van der Waals surface area contributed by atoms with Crippen LogP contribution in [0, 0.1) is 5.92 Å². The maximum atomic E-state index is 13.3. The van der Waals surface area contributed by atoms with E-state index >= 15 is 0 Å². The third-order valence-electron chi connectivity index (χ3n) is 7.47. The van der Waals surface area contributed by atoms with E-state index in [1.165, 1.54) is 4.90 Å². The average molecular weight is 461 g/mol. The molecule has 2 aromatic rings. The number of nitrogens with zero attached hydrogens (tertiary/aromatic N) is 1. The minimum atomic E-state index is -1.13. The van der Waals surface area contributed by atoms with Crippen LogP contribution in [0.5, 0.6) is 0 Å². The number of fused-ring (bicyclic) bond motifs is 4. The molecule has 2 N–H and O–H groups in total. The van der Waals surface area contributed by atoms with Crippen molar-refractivity contribution in [2.24, 2.45) is 5.92 Å². The first-order valence-corrected chi connectivity index (χ1v) is 11.7. The van der Waals surface area contributed by atoms with Gasteiger partial charge < -0.3 is 20.1 Å². The number of ether oxygens (including phenoxy) is 1. The van der Waals surface area contributed by atoms with E-state index in [2.05, 4.69) is 24.0 Å². The Labute approximate surface area is 198 Å². The van der Waals surface area contributed by atoms with Crippen LogP contribution in [-0.4, -0.2) is 52.7 Å². The summed E-state index contributed by atoms with van der Waals surface area (Å²) in [5, 5.41) is 12.4. The quantitative estimate of drug-likeness (QED) is 0.582. The summed E-state index contributed by atoms with van der Waals surface area (Å²) in [6.07, 6.45) is 2.80. The molecule has 176 valence electrons. The standard InChI is InChI=1S/C27H28N2O5/c1-2-3-12-23(24(30)29-15-17-13-27(29,14-17)25(31)32)28-26(33)34-16-22-20-10-6-4-8-18(20)19-9-5-7-11-21(19)22/h2,4-11,17,22-23H,1,3,12-16H2,(H,28,33)(H,31,32). The lowest BCUT2D eigenvalue weighted by Gasteiger charge is -2.39. The highest BCUT2D eigenvalue weighted by Gasteiger charge is 2.63. The highest BCUT2D eigenvalue weighted by molar-refractivity contribution is 5.93. The molecule has 0 spiro atoms. The van der Waals surface area contributed by atoms with E-state index in [1.54, 1.807) is 6.08 Å². The number of carboxylic acids is 1. The number of amides is 2. The number of allylic oxidation sites excluding steroid dienone is 1. The van der Waals surface area contributed by atoms with Crippen molar-refractivity contribution in [3.63, 3.8) is 0 Å². The summed E-state index contributed by atoms with van der Waals surface area (Å²) in [4.78, 5) is 39.4. The van der Waals surface area contributed by atoms with Gasteiger partial charge in [0.05, 0.1) is 0 Å². The molecule has 0 radical (unpaired) electrons. The second-order valence-electron chi connectivity index (χ2n) is 9.45. The molecule has 2 amide bonds. The summed E-state index contributed by atoms with van der Waals surface area (Å²) >= 11 is 0. The Morgan fingerprint density at radius 1 is 1.12 bits per heavy atom. The first kappa shape index (κ1) is 22.2. The summed E-state index contributed by atoms with van der Waals surface area (Å²) in [5.41, 5.74) is 3.36. The Morgan fingerprint density at radius 3 is 2.32 bits per heavy atom. The molecule has 4 aliphatic rings. The lowest BCUT2D eigenvalue weighted by molar-refractivity contribution is -0.159. The molecular formula is C27H28N2O5. The molecule has 0 aromatic heterocycles. The van der Waals surface area contributed by atoms with Crippen LogP contribution < -0.4 is 5.32 Å². The predicted octanol–water partition coefficient (Wildman–Crippen LogP) is 3.94. The van der Waals surface area contributed by atoms with Crippen molar-refractivity contribution in [3.05, 3.63) is 72.3 Å². The van der Waals surface area contributed by atoms with Gasteiger partial charge in [0.1, 0.15) is 18.2 Å². The Kier molecular flexibility index (Phi) is 5.63. The molecule has 6 rings (SSSR count). The van der Waals surface area contributed by atoms with Gasteiger partial charge in [-0.3, -0.25) is 4.79 Å². The fourth-order valence-electron chi connectivity index (χ4n) is 5.78. The van der Waals surface area contributed by atoms with E-state index in [9.17, 15) is 19.5 Å². The maximum Gasteiger partial charge on any atom is 0.407 e. The van der Waals surface area contributed by atoms with Crippen LogP contribution in [-0.2, 0) is 14.3 Å². The number of hydrogen-bond acceptors (Lipinski definition) is 4. The number of carboxylic acid groups (broad SMARTS) is 1. The second kappa shape index (κ2) is 8.63. The minimum Gasteiger partial charge on any atom is -0.479 e. The fraction of sp³-hybridized carbons (Fsp3) is 0.370. The molecule has 3 fully saturated rings. The van der Waals surface area contributed by atoms with Crippen LogP contribution in [0.15, 0.2) is 61.2 Å². The van der Waals surface area contributed by atoms with Gasteiger partial charge in [0.25, 0.3) is 0 Å². The Balaban J connectivity index is 1.27. The number of carbonyl (C=O) groups excluding carboxylic acids is 2. The van der Waals surface area contributed by atoms with Gasteiger partial charge >= 0.3 is 12.1 Å². The van der Waals surface area contributed by atoms with E-state index in [1.807, 2.05) is 36.4 Å². The van der Waals surface area contributed by atoms with Crippen LogP contribution in [0.25, 0.3) is 11.1 Å². The van der Waals surface area contributed by atoms with Crippen molar-refractivity contribution >= 4 is 18.0 Å². The van der Waals surface area contributed by atoms with Crippen molar-refractivity contribution in [1.82, 2.24) is 10.2 Å². The second-order valence-corrected chi connectivity index (χ2v) is 9.45. The van der Waals surface area contributed by atoms with Gasteiger partial charge in [-0.25, -0.2) is 9.59 Å². The monoisotopic (exact) mass is 460 g/mol. The molecule has 1 saturated carbocycles. The van der Waals surface area contributed by atoms with Gasteiger partial charge in [-0.05, 0) is 53.9 Å². The average Bonchev–Trinajstić information content (AvgIpc) is 3.48. The number of aliphatic carboxylic acids is 1. The molecule has 1 atom stereocenters. The van der Waals surface area contributed by atoms with Crippen molar-refractivity contribution in [2.75, 3.05) is 13.2 Å². The van der Waals surface area contributed by atoms with Crippen LogP contribution >= 0.6 is 0 Å². The molecule has 2 aliphatic heterocycles. The van der Waals surface area contributed by atoms with Gasteiger partial charge in [0, 0.05) is 12.5 Å². The first-order chi connectivity index (χ1) is 16.4. The summed E-state index contributed by atoms with van der Waals surface area (Å²) in [6.45, 7) is 4.27. The minimum absolute atomic E-state index is 0.0819. The van der Waals surface area contributed by atoms with Crippen LogP contribution in [0.1, 0.15) is 42.7 Å². The topological polar surface area (TPSA) is 95.9 Å². The predicted molar refractivity (Wildman–Crippen MR) is 126 cm³/mol. The van der Waals surface area contributed by atoms with Crippen molar-refractivity contribution in [1.29, 1.82) is 0 Å². The number of hydrogen-bond donors (Lipinski definition) is 2. The SMILES string of the molecule is C=CCCC(NC(=O)OCC1c2ccccc2-c2ccccc21)C(=O)N1CC2CC1(C(=O)O)C2. The highest BCUT2D eigenvalue weighted by atomic mass is 16.5. The molecule has 1 unspecified atom stereocenters. The van der Waals surface area contributed by atoms with Crippen LogP contribution in [0.2, 0.25) is 0 Å². The zero-order valence-electron chi connectivity index (χ0n) is 18.9. The first-order valence-electron chi connectivity index (χ1n) is 11.7. The van der Waals surface area contributed by atoms with E-state index in [0.717, 1.165) is 22.3 Å². The largest absolute Gasteiger partial charge is 0.479 e. The van der Waals surface area contributed by atoms with Crippen molar-refractivity contribution in [2.45, 2.75) is 43.2 Å². The number of nitrogens with one attached hydrogen (secondary N) is 1. The molecule has 2 aliphatic carbocycles. The molecular weight excluding hydrogens is 432 g/mol. The summed E-state index contributed by atoms with van der Waals surface area (Å²) < 4.78 is 5.61. The maximum absolute atomic E-state index is 13.3. The zero-order chi connectivity index (χ0) is 23.9. The van der Waals surface area contributed by atoms with Gasteiger partial charge in [0.2, 0.25) is 5.91 Å². The normalized spacial score (nSPS) is 22.8. The Bertz CT molecular complexity index is 1110. The van der Waals surface area contributed by atoms with Crippen molar-refractivity contribution in [3.8, 4) is 11.1 Å². The third-order valence-corrected chi connectivity index (χ3v) is 7.47. The summed E-state index contributed by atoms with van der Waals surface area (Å²) in [6, 6.07) is 15.3. The van der Waals surface area contributed by atoms with Crippen LogP contribution in [0.3, 0.4) is 0 Å². The lowest BCUT2D eigenvalue weighted by Crippen LogP contribution is -2.58. The molecule has 2 saturated heterocycles. The van der Waals surface area contributed by atoms with Gasteiger partial charge in [-0.1, -0.05) is 54.6 Å². The number of alkyl carbamates (subject to hydrolysis) is 1. The smallest absolute Gasteiger partial charge is 0.407 e.